The predicted molar refractivity (Wildman–Crippen MR) is 105 cm³/mol. The zero-order chi connectivity index (χ0) is 19.4. The van der Waals surface area contributed by atoms with Crippen LogP contribution in [-0.2, 0) is 0 Å². The van der Waals surface area contributed by atoms with Crippen LogP contribution in [0.15, 0.2) is 53.3 Å². The summed E-state index contributed by atoms with van der Waals surface area (Å²) in [5.41, 5.74) is 1.79. The van der Waals surface area contributed by atoms with Crippen LogP contribution >= 0.6 is 15.9 Å². The van der Waals surface area contributed by atoms with Gasteiger partial charge in [-0.25, -0.2) is 4.68 Å². The zero-order valence-corrected chi connectivity index (χ0v) is 16.6. The number of anilines is 1. The Labute approximate surface area is 165 Å². The zero-order valence-electron chi connectivity index (χ0n) is 15.0. The molecule has 140 valence electrons. The van der Waals surface area contributed by atoms with Gasteiger partial charge in [-0.15, -0.1) is 0 Å². The Hall–Kier alpha value is -3.00. The molecular formula is C19H18BrN3O4. The molecule has 8 heteroatoms. The number of hydrogen-bond acceptors (Lipinski definition) is 5. The number of halogens is 1. The van der Waals surface area contributed by atoms with Crippen molar-refractivity contribution in [3.63, 3.8) is 0 Å². The van der Waals surface area contributed by atoms with Gasteiger partial charge in [0, 0.05) is 28.5 Å². The first kappa shape index (κ1) is 18.8. The van der Waals surface area contributed by atoms with Crippen molar-refractivity contribution in [3.8, 4) is 22.9 Å². The van der Waals surface area contributed by atoms with Crippen LogP contribution in [-0.4, -0.2) is 37.0 Å². The third-order valence-corrected chi connectivity index (χ3v) is 4.39. The van der Waals surface area contributed by atoms with Gasteiger partial charge in [0.2, 0.25) is 5.75 Å². The van der Waals surface area contributed by atoms with E-state index in [1.165, 1.54) is 27.5 Å². The van der Waals surface area contributed by atoms with Crippen molar-refractivity contribution in [1.82, 2.24) is 9.78 Å². The summed E-state index contributed by atoms with van der Waals surface area (Å²) in [5, 5.41) is 7.06. The van der Waals surface area contributed by atoms with E-state index in [1.54, 1.807) is 23.0 Å². The number of amides is 1. The molecule has 1 aromatic heterocycles. The highest BCUT2D eigenvalue weighted by atomic mass is 79.9. The topological polar surface area (TPSA) is 74.6 Å². The smallest absolute Gasteiger partial charge is 0.258 e. The molecule has 3 aromatic rings. The first-order valence-corrected chi connectivity index (χ1v) is 8.77. The van der Waals surface area contributed by atoms with E-state index in [1.807, 2.05) is 24.3 Å². The van der Waals surface area contributed by atoms with Crippen LogP contribution in [0.5, 0.6) is 17.2 Å². The van der Waals surface area contributed by atoms with E-state index >= 15 is 0 Å². The maximum Gasteiger partial charge on any atom is 0.258 e. The van der Waals surface area contributed by atoms with E-state index in [9.17, 15) is 4.79 Å². The Kier molecular flexibility index (Phi) is 5.66. The summed E-state index contributed by atoms with van der Waals surface area (Å²) in [7, 11) is 4.56. The summed E-state index contributed by atoms with van der Waals surface area (Å²) >= 11 is 3.39. The van der Waals surface area contributed by atoms with E-state index in [2.05, 4.69) is 26.3 Å². The molecule has 3 rings (SSSR count). The lowest BCUT2D eigenvalue weighted by Gasteiger charge is -2.14. The Morgan fingerprint density at radius 1 is 1.04 bits per heavy atom. The van der Waals surface area contributed by atoms with Gasteiger partial charge in [-0.1, -0.05) is 15.9 Å². The SMILES string of the molecule is COc1cc(NC(=O)c2cnn(-c3ccc(Br)cc3)c2)cc(OC)c1OC. The van der Waals surface area contributed by atoms with Gasteiger partial charge in [-0.05, 0) is 24.3 Å². The predicted octanol–water partition coefficient (Wildman–Crippen LogP) is 3.91. The van der Waals surface area contributed by atoms with E-state index in [4.69, 9.17) is 14.2 Å². The van der Waals surface area contributed by atoms with Crippen molar-refractivity contribution >= 4 is 27.5 Å². The number of benzene rings is 2. The number of nitrogens with one attached hydrogen (secondary N) is 1. The lowest BCUT2D eigenvalue weighted by atomic mass is 10.2. The second-order valence-corrected chi connectivity index (χ2v) is 6.43. The van der Waals surface area contributed by atoms with Crippen molar-refractivity contribution < 1.29 is 19.0 Å². The summed E-state index contributed by atoms with van der Waals surface area (Å²) in [6.07, 6.45) is 3.17. The van der Waals surface area contributed by atoms with Crippen molar-refractivity contribution in [3.05, 3.63) is 58.8 Å². The molecule has 0 spiro atoms. The number of carbonyl (C=O) groups is 1. The van der Waals surface area contributed by atoms with Gasteiger partial charge in [0.05, 0.1) is 38.8 Å². The van der Waals surface area contributed by atoms with Crippen LogP contribution in [0.25, 0.3) is 5.69 Å². The minimum atomic E-state index is -0.298. The number of aromatic nitrogens is 2. The molecule has 0 fully saturated rings. The van der Waals surface area contributed by atoms with Crippen LogP contribution in [0.2, 0.25) is 0 Å². The number of hydrogen-bond donors (Lipinski definition) is 1. The van der Waals surface area contributed by atoms with Gasteiger partial charge in [0.25, 0.3) is 5.91 Å². The molecule has 1 amide bonds. The minimum Gasteiger partial charge on any atom is -0.493 e. The molecule has 0 atom stereocenters. The molecule has 0 aliphatic rings. The first-order chi connectivity index (χ1) is 13.0. The highest BCUT2D eigenvalue weighted by molar-refractivity contribution is 9.10. The second-order valence-electron chi connectivity index (χ2n) is 5.52. The van der Waals surface area contributed by atoms with Gasteiger partial charge in [0.15, 0.2) is 11.5 Å². The third kappa shape index (κ3) is 4.06. The van der Waals surface area contributed by atoms with Gasteiger partial charge < -0.3 is 19.5 Å². The standard InChI is InChI=1S/C19H18BrN3O4/c1-25-16-8-14(9-17(26-2)18(16)27-3)22-19(24)12-10-21-23(11-12)15-6-4-13(20)5-7-15/h4-11H,1-3H3,(H,22,24). The normalized spacial score (nSPS) is 10.4. The fourth-order valence-corrected chi connectivity index (χ4v) is 2.80. The molecule has 0 radical (unpaired) electrons. The highest BCUT2D eigenvalue weighted by Gasteiger charge is 2.16. The number of methoxy groups -OCH3 is 3. The van der Waals surface area contributed by atoms with Crippen LogP contribution in [0, 0.1) is 0 Å². The third-order valence-electron chi connectivity index (χ3n) is 3.86. The molecule has 0 unspecified atom stereocenters. The highest BCUT2D eigenvalue weighted by Crippen LogP contribution is 2.40. The van der Waals surface area contributed by atoms with Crippen LogP contribution in [0.1, 0.15) is 10.4 Å². The quantitative estimate of drug-likeness (QED) is 0.640. The lowest BCUT2D eigenvalue weighted by molar-refractivity contribution is 0.102. The number of nitrogens with zero attached hydrogens (tertiary/aromatic N) is 2. The van der Waals surface area contributed by atoms with Gasteiger partial charge in [0.1, 0.15) is 0 Å². The fraction of sp³-hybridized carbons (Fsp3) is 0.158. The van der Waals surface area contributed by atoms with Crippen molar-refractivity contribution in [2.75, 3.05) is 26.6 Å². The molecule has 0 aliphatic carbocycles. The molecule has 0 bridgehead atoms. The Balaban J connectivity index is 1.82. The molecule has 0 aliphatic heterocycles. The first-order valence-electron chi connectivity index (χ1n) is 7.97. The van der Waals surface area contributed by atoms with E-state index in [-0.39, 0.29) is 5.91 Å². The van der Waals surface area contributed by atoms with Gasteiger partial charge in [-0.3, -0.25) is 4.79 Å². The minimum absolute atomic E-state index is 0.298. The van der Waals surface area contributed by atoms with E-state index in [0.29, 0.717) is 28.5 Å². The summed E-state index contributed by atoms with van der Waals surface area (Å²) in [6.45, 7) is 0. The number of rotatable bonds is 6. The number of carbonyl (C=O) groups excluding carboxylic acids is 1. The molecule has 1 N–H and O–H groups in total. The fourth-order valence-electron chi connectivity index (χ4n) is 2.53. The summed E-state index contributed by atoms with van der Waals surface area (Å²) in [4.78, 5) is 12.6. The van der Waals surface area contributed by atoms with E-state index < -0.39 is 0 Å². The Bertz CT molecular complexity index is 929. The molecule has 27 heavy (non-hydrogen) atoms. The second kappa shape index (κ2) is 8.13. The average Bonchev–Trinajstić information content (AvgIpc) is 3.18. The summed E-state index contributed by atoms with van der Waals surface area (Å²) in [6, 6.07) is 11.0. The van der Waals surface area contributed by atoms with Gasteiger partial charge >= 0.3 is 0 Å². The Morgan fingerprint density at radius 3 is 2.22 bits per heavy atom. The molecule has 0 saturated heterocycles. The number of ether oxygens (including phenoxy) is 3. The average molecular weight is 432 g/mol. The maximum absolute atomic E-state index is 12.6. The van der Waals surface area contributed by atoms with Crippen molar-refractivity contribution in [2.24, 2.45) is 0 Å². The molecule has 1 heterocycles. The molecule has 0 saturated carbocycles. The van der Waals surface area contributed by atoms with Crippen molar-refractivity contribution in [1.29, 1.82) is 0 Å². The summed E-state index contributed by atoms with van der Waals surface area (Å²) < 4.78 is 18.5. The van der Waals surface area contributed by atoms with Crippen LogP contribution in [0.4, 0.5) is 5.69 Å². The molecule has 7 nitrogen and oxygen atoms in total. The summed E-state index contributed by atoms with van der Waals surface area (Å²) in [5.74, 6) is 1.07. The molecule has 2 aromatic carbocycles. The van der Waals surface area contributed by atoms with Crippen LogP contribution in [0.3, 0.4) is 0 Å². The van der Waals surface area contributed by atoms with Crippen LogP contribution < -0.4 is 19.5 Å². The largest absolute Gasteiger partial charge is 0.493 e. The van der Waals surface area contributed by atoms with Crippen molar-refractivity contribution in [2.45, 2.75) is 0 Å². The molecular weight excluding hydrogens is 414 g/mol. The lowest BCUT2D eigenvalue weighted by Crippen LogP contribution is -2.11. The monoisotopic (exact) mass is 431 g/mol. The maximum atomic E-state index is 12.6. The van der Waals surface area contributed by atoms with Gasteiger partial charge in [-0.2, -0.15) is 5.10 Å². The Morgan fingerprint density at radius 2 is 1.67 bits per heavy atom. The van der Waals surface area contributed by atoms with E-state index in [0.717, 1.165) is 10.2 Å².